The number of ether oxygens (including phenoxy) is 2. The molecule has 0 fully saturated rings. The van der Waals surface area contributed by atoms with Gasteiger partial charge in [0.1, 0.15) is 19.8 Å². The third kappa shape index (κ3) is 35.8. The molecule has 0 aromatic carbocycles. The van der Waals surface area contributed by atoms with Crippen LogP contribution >= 0.6 is 7.82 Å². The Morgan fingerprint density at radius 3 is 1.52 bits per heavy atom. The fourth-order valence-electron chi connectivity index (χ4n) is 4.94. The first-order valence-electron chi connectivity index (χ1n) is 19.4. The maximum Gasteiger partial charge on any atom is 0.331 e. The number of phosphoric ester groups is 1. The molecule has 2 atom stereocenters. The molecule has 9 nitrogen and oxygen atoms in total. The molecule has 0 rings (SSSR count). The lowest BCUT2D eigenvalue weighted by Gasteiger charge is -2.28. The lowest BCUT2D eigenvalue weighted by atomic mass is 10.1. The molecule has 0 aliphatic rings. The molecule has 0 radical (unpaired) electrons. The van der Waals surface area contributed by atoms with Crippen molar-refractivity contribution in [2.75, 3.05) is 47.5 Å². The van der Waals surface area contributed by atoms with E-state index in [9.17, 15) is 19.0 Å². The molecule has 0 saturated heterocycles. The van der Waals surface area contributed by atoms with E-state index in [1.807, 2.05) is 39.4 Å². The highest BCUT2D eigenvalue weighted by Gasteiger charge is 2.20. The highest BCUT2D eigenvalue weighted by atomic mass is 31.2. The van der Waals surface area contributed by atoms with E-state index < -0.39 is 32.5 Å². The Hall–Kier alpha value is -2.03. The highest BCUT2D eigenvalue weighted by Crippen LogP contribution is 2.38. The minimum absolute atomic E-state index is 0.0602. The molecule has 50 heavy (non-hydrogen) atoms. The second-order valence-electron chi connectivity index (χ2n) is 14.1. The summed E-state index contributed by atoms with van der Waals surface area (Å²) in [5, 5.41) is 0. The van der Waals surface area contributed by atoms with E-state index in [0.717, 1.165) is 25.7 Å². The molecule has 0 spiro atoms. The van der Waals surface area contributed by atoms with Crippen LogP contribution in [0.25, 0.3) is 0 Å². The van der Waals surface area contributed by atoms with Crippen LogP contribution in [0.15, 0.2) is 48.6 Å². The fourth-order valence-corrected chi connectivity index (χ4v) is 5.67. The Balaban J connectivity index is 4.67. The van der Waals surface area contributed by atoms with Crippen LogP contribution in [-0.2, 0) is 32.7 Å². The number of allylic oxidation sites excluding steroid dienone is 6. The lowest BCUT2D eigenvalue weighted by molar-refractivity contribution is -0.870. The molecule has 0 saturated carbocycles. The van der Waals surface area contributed by atoms with E-state index in [4.69, 9.17) is 18.5 Å². The number of quaternary nitrogens is 1. The topological polar surface area (TPSA) is 111 Å². The lowest BCUT2D eigenvalue weighted by Crippen LogP contribution is -2.37. The molecule has 0 heterocycles. The minimum atomic E-state index is -4.66. The number of hydrogen-bond donors (Lipinski definition) is 0. The molecular weight excluding hydrogens is 653 g/mol. The second kappa shape index (κ2) is 32.8. The van der Waals surface area contributed by atoms with E-state index >= 15 is 0 Å². The summed E-state index contributed by atoms with van der Waals surface area (Å²) in [5.74, 6) is -1.35. The number of esters is 2. The molecule has 0 aromatic heterocycles. The van der Waals surface area contributed by atoms with Gasteiger partial charge in [0.05, 0.1) is 27.7 Å². The van der Waals surface area contributed by atoms with Crippen molar-refractivity contribution in [2.45, 2.75) is 148 Å². The summed E-state index contributed by atoms with van der Waals surface area (Å²) in [6.45, 7) is 3.93. The zero-order valence-electron chi connectivity index (χ0n) is 32.3. The van der Waals surface area contributed by atoms with Gasteiger partial charge in [0.2, 0.25) is 0 Å². The van der Waals surface area contributed by atoms with Gasteiger partial charge in [-0.25, -0.2) is 9.59 Å². The van der Waals surface area contributed by atoms with Crippen molar-refractivity contribution >= 4 is 19.8 Å². The normalized spacial score (nSPS) is 14.3. The van der Waals surface area contributed by atoms with Gasteiger partial charge in [0.25, 0.3) is 7.82 Å². The molecule has 290 valence electrons. The predicted molar refractivity (Wildman–Crippen MR) is 203 cm³/mol. The smallest absolute Gasteiger partial charge is 0.331 e. The largest absolute Gasteiger partial charge is 0.756 e. The van der Waals surface area contributed by atoms with E-state index in [1.54, 1.807) is 18.2 Å². The number of unbranched alkanes of at least 4 members (excludes halogenated alkanes) is 18. The van der Waals surface area contributed by atoms with Crippen molar-refractivity contribution in [1.82, 2.24) is 0 Å². The summed E-state index contributed by atoms with van der Waals surface area (Å²) in [6.07, 6.45) is 36.9. The summed E-state index contributed by atoms with van der Waals surface area (Å²) < 4.78 is 33.3. The number of nitrogens with zero attached hydrogens (tertiary/aromatic N) is 1. The molecule has 0 aliphatic heterocycles. The number of phosphoric acid groups is 1. The Morgan fingerprint density at radius 1 is 0.620 bits per heavy atom. The van der Waals surface area contributed by atoms with Crippen molar-refractivity contribution in [3.8, 4) is 0 Å². The van der Waals surface area contributed by atoms with Crippen LogP contribution in [-0.4, -0.2) is 70.0 Å². The van der Waals surface area contributed by atoms with E-state index in [-0.39, 0.29) is 13.2 Å². The Labute approximate surface area is 305 Å². The molecule has 0 aromatic rings. The average Bonchev–Trinajstić information content (AvgIpc) is 3.06. The van der Waals surface area contributed by atoms with Crippen molar-refractivity contribution in [3.63, 3.8) is 0 Å². The number of carbonyl (C=O) groups is 2. The standard InChI is InChI=1S/C40H72NO8P/c1-6-8-10-12-14-16-18-20-22-24-26-28-30-32-39(42)46-36-38(37-48-50(44,45)47-35-34-41(3,4)5)49-40(43)33-31-29-27-25-23-21-19-17-15-13-11-9-7-2/h26-33,38H,6-25,34-37H2,1-5H3/b28-26+,29-27+,32-30+,33-31+/t38-/m1/s1. The molecule has 0 aliphatic carbocycles. The van der Waals surface area contributed by atoms with E-state index in [1.165, 1.54) is 115 Å². The first-order valence-corrected chi connectivity index (χ1v) is 20.9. The van der Waals surface area contributed by atoms with Gasteiger partial charge in [-0.1, -0.05) is 153 Å². The SMILES string of the molecule is CCCCCCCCCCC/C=C/C=C/C(=O)OC[C@H](COP(=O)([O-])OCC[N+](C)(C)C)OC(=O)/C=C/C=C/CCCCCCCCCCC. The molecule has 0 N–H and O–H groups in total. The fraction of sp³-hybridized carbons (Fsp3) is 0.750. The first kappa shape index (κ1) is 48.0. The van der Waals surface area contributed by atoms with Crippen LogP contribution in [0.5, 0.6) is 0 Å². The Kier molecular flexibility index (Phi) is 31.5. The minimum Gasteiger partial charge on any atom is -0.756 e. The van der Waals surface area contributed by atoms with Crippen LogP contribution in [0.2, 0.25) is 0 Å². The third-order valence-corrected chi connectivity index (χ3v) is 9.00. The Morgan fingerprint density at radius 2 is 1.06 bits per heavy atom. The molecule has 0 bridgehead atoms. The zero-order chi connectivity index (χ0) is 37.2. The van der Waals surface area contributed by atoms with Gasteiger partial charge in [-0.15, -0.1) is 0 Å². The second-order valence-corrected chi connectivity index (χ2v) is 15.5. The maximum absolute atomic E-state index is 12.5. The van der Waals surface area contributed by atoms with Gasteiger partial charge in [-0.2, -0.15) is 0 Å². The van der Waals surface area contributed by atoms with Crippen LogP contribution in [0.1, 0.15) is 142 Å². The number of carbonyl (C=O) groups excluding carboxylic acids is 2. The van der Waals surface area contributed by atoms with Crippen LogP contribution in [0.3, 0.4) is 0 Å². The number of likely N-dealkylation sites (N-methyl/N-ethyl adjacent to an activating group) is 1. The van der Waals surface area contributed by atoms with Crippen molar-refractivity contribution in [2.24, 2.45) is 0 Å². The van der Waals surface area contributed by atoms with Crippen molar-refractivity contribution in [3.05, 3.63) is 48.6 Å². The summed E-state index contributed by atoms with van der Waals surface area (Å²) in [5.41, 5.74) is 0. The van der Waals surface area contributed by atoms with Gasteiger partial charge >= 0.3 is 11.9 Å². The van der Waals surface area contributed by atoms with Gasteiger partial charge in [-0.05, 0) is 25.7 Å². The summed E-state index contributed by atoms with van der Waals surface area (Å²) >= 11 is 0. The van der Waals surface area contributed by atoms with Gasteiger partial charge in [0, 0.05) is 12.2 Å². The third-order valence-electron chi connectivity index (χ3n) is 8.03. The van der Waals surface area contributed by atoms with Gasteiger partial charge < -0.3 is 27.9 Å². The predicted octanol–water partition coefficient (Wildman–Crippen LogP) is 9.72. The summed E-state index contributed by atoms with van der Waals surface area (Å²) in [6, 6.07) is 0. The molecular formula is C40H72NO8P. The first-order chi connectivity index (χ1) is 24.0. The van der Waals surface area contributed by atoms with Gasteiger partial charge in [-0.3, -0.25) is 4.57 Å². The van der Waals surface area contributed by atoms with Crippen LogP contribution in [0, 0.1) is 0 Å². The maximum atomic E-state index is 12.5. The van der Waals surface area contributed by atoms with Crippen molar-refractivity contribution < 1.29 is 42.1 Å². The van der Waals surface area contributed by atoms with Gasteiger partial charge in [0.15, 0.2) is 6.10 Å². The van der Waals surface area contributed by atoms with E-state index in [0.29, 0.717) is 11.0 Å². The Bertz CT molecular complexity index is 1000. The summed E-state index contributed by atoms with van der Waals surface area (Å²) in [4.78, 5) is 37.1. The average molecular weight is 726 g/mol. The van der Waals surface area contributed by atoms with Crippen molar-refractivity contribution in [1.29, 1.82) is 0 Å². The monoisotopic (exact) mass is 725 g/mol. The van der Waals surface area contributed by atoms with Crippen LogP contribution in [0.4, 0.5) is 0 Å². The summed E-state index contributed by atoms with van der Waals surface area (Å²) in [7, 11) is 1.06. The highest BCUT2D eigenvalue weighted by molar-refractivity contribution is 7.45. The number of rotatable bonds is 34. The quantitative estimate of drug-likeness (QED) is 0.0161. The zero-order valence-corrected chi connectivity index (χ0v) is 33.2. The molecule has 1 unspecified atom stereocenters. The van der Waals surface area contributed by atoms with E-state index in [2.05, 4.69) is 13.8 Å². The van der Waals surface area contributed by atoms with Crippen LogP contribution < -0.4 is 4.89 Å². The molecule has 10 heteroatoms. The number of hydrogen-bond acceptors (Lipinski definition) is 8. The molecule has 0 amide bonds.